The van der Waals surface area contributed by atoms with E-state index < -0.39 is 11.9 Å². The van der Waals surface area contributed by atoms with Crippen LogP contribution < -0.4 is 10.1 Å². The number of benzene rings is 2. The molecule has 0 aliphatic heterocycles. The van der Waals surface area contributed by atoms with Gasteiger partial charge in [-0.3, -0.25) is 5.32 Å². The maximum atomic E-state index is 13.3. The summed E-state index contributed by atoms with van der Waals surface area (Å²) in [6, 6.07) is 13.0. The van der Waals surface area contributed by atoms with E-state index in [1.807, 2.05) is 18.4 Å². The average molecular weight is 277 g/mol. The summed E-state index contributed by atoms with van der Waals surface area (Å²) in [5.74, 6) is -0.0937. The molecular weight excluding hydrogens is 265 g/mol. The van der Waals surface area contributed by atoms with Crippen molar-refractivity contribution in [2.24, 2.45) is 0 Å². The lowest BCUT2D eigenvalue weighted by atomic mass is 10.3. The van der Waals surface area contributed by atoms with E-state index in [2.05, 4.69) is 5.32 Å². The lowest BCUT2D eigenvalue weighted by molar-refractivity contribution is 0.215. The van der Waals surface area contributed by atoms with Crippen molar-refractivity contribution in [1.82, 2.24) is 0 Å². The van der Waals surface area contributed by atoms with Crippen molar-refractivity contribution >= 4 is 23.5 Å². The minimum absolute atomic E-state index is 0.0910. The van der Waals surface area contributed by atoms with E-state index >= 15 is 0 Å². The summed E-state index contributed by atoms with van der Waals surface area (Å²) in [4.78, 5) is 12.7. The zero-order chi connectivity index (χ0) is 13.7. The van der Waals surface area contributed by atoms with Crippen LogP contribution in [-0.4, -0.2) is 12.3 Å². The van der Waals surface area contributed by atoms with Crippen LogP contribution in [0, 0.1) is 5.82 Å². The maximum absolute atomic E-state index is 13.3. The molecule has 1 amide bonds. The first-order valence-electron chi connectivity index (χ1n) is 5.56. The molecular formula is C14H12FNO2S. The van der Waals surface area contributed by atoms with Gasteiger partial charge in [-0.05, 0) is 42.7 Å². The summed E-state index contributed by atoms with van der Waals surface area (Å²) >= 11 is 1.60. The van der Waals surface area contributed by atoms with E-state index in [1.165, 1.54) is 12.1 Å². The highest BCUT2D eigenvalue weighted by molar-refractivity contribution is 7.98. The van der Waals surface area contributed by atoms with Gasteiger partial charge in [-0.15, -0.1) is 11.8 Å². The molecule has 0 heterocycles. The topological polar surface area (TPSA) is 38.3 Å². The largest absolute Gasteiger partial charge is 0.417 e. The normalized spacial score (nSPS) is 10.0. The van der Waals surface area contributed by atoms with Crippen molar-refractivity contribution in [3.63, 3.8) is 0 Å². The van der Waals surface area contributed by atoms with Crippen LogP contribution in [0.4, 0.5) is 14.9 Å². The zero-order valence-corrected chi connectivity index (χ0v) is 11.0. The fourth-order valence-corrected chi connectivity index (χ4v) is 1.86. The van der Waals surface area contributed by atoms with Gasteiger partial charge in [0.25, 0.3) is 0 Å². The molecule has 3 nitrogen and oxygen atoms in total. The summed E-state index contributed by atoms with van der Waals surface area (Å²) in [6.07, 6.45) is 1.24. The third kappa shape index (κ3) is 3.72. The first kappa shape index (κ1) is 13.4. The summed E-state index contributed by atoms with van der Waals surface area (Å²) in [5.41, 5.74) is 0.0910. The number of ether oxygens (including phenoxy) is 1. The molecule has 2 rings (SSSR count). The Morgan fingerprint density at radius 3 is 2.47 bits per heavy atom. The van der Waals surface area contributed by atoms with Crippen LogP contribution in [0.25, 0.3) is 0 Å². The van der Waals surface area contributed by atoms with Gasteiger partial charge < -0.3 is 4.74 Å². The third-order valence-electron chi connectivity index (χ3n) is 2.38. The molecule has 2 aromatic carbocycles. The smallest absolute Gasteiger partial charge is 0.410 e. The van der Waals surface area contributed by atoms with Gasteiger partial charge in [0, 0.05) is 4.90 Å². The van der Waals surface area contributed by atoms with Crippen LogP contribution in [0.1, 0.15) is 0 Å². The highest BCUT2D eigenvalue weighted by atomic mass is 32.2. The third-order valence-corrected chi connectivity index (χ3v) is 3.12. The Bertz CT molecular complexity index is 572. The molecule has 5 heteroatoms. The summed E-state index contributed by atoms with van der Waals surface area (Å²) in [6.45, 7) is 0. The van der Waals surface area contributed by atoms with E-state index in [0.717, 1.165) is 4.90 Å². The molecule has 0 saturated carbocycles. The van der Waals surface area contributed by atoms with Gasteiger partial charge in [-0.25, -0.2) is 9.18 Å². The number of rotatable bonds is 3. The fraction of sp³-hybridized carbons (Fsp3) is 0.0714. The Labute approximate surface area is 114 Å². The summed E-state index contributed by atoms with van der Waals surface area (Å²) in [7, 11) is 0. The maximum Gasteiger partial charge on any atom is 0.417 e. The van der Waals surface area contributed by atoms with E-state index in [-0.39, 0.29) is 5.69 Å². The SMILES string of the molecule is CSc1ccc(OC(=O)Nc2ccccc2F)cc1. The minimum atomic E-state index is -0.720. The van der Waals surface area contributed by atoms with Gasteiger partial charge in [0.2, 0.25) is 0 Å². The van der Waals surface area contributed by atoms with Crippen molar-refractivity contribution in [2.45, 2.75) is 4.90 Å². The number of halogens is 1. The molecule has 0 spiro atoms. The van der Waals surface area contributed by atoms with Crippen molar-refractivity contribution in [2.75, 3.05) is 11.6 Å². The molecule has 2 aromatic rings. The first-order valence-corrected chi connectivity index (χ1v) is 6.79. The number of hydrogen-bond acceptors (Lipinski definition) is 3. The molecule has 0 aromatic heterocycles. The van der Waals surface area contributed by atoms with E-state index in [0.29, 0.717) is 5.75 Å². The molecule has 0 aliphatic carbocycles. The average Bonchev–Trinajstić information content (AvgIpc) is 2.42. The lowest BCUT2D eigenvalue weighted by Crippen LogP contribution is -2.17. The molecule has 98 valence electrons. The van der Waals surface area contributed by atoms with Crippen molar-refractivity contribution in [3.05, 3.63) is 54.3 Å². The van der Waals surface area contributed by atoms with E-state index in [4.69, 9.17) is 4.74 Å². The Morgan fingerprint density at radius 2 is 1.84 bits per heavy atom. The number of thioether (sulfide) groups is 1. The second-order valence-corrected chi connectivity index (χ2v) is 4.55. The number of amides is 1. The van der Waals surface area contributed by atoms with Crippen LogP contribution in [0.2, 0.25) is 0 Å². The molecule has 1 N–H and O–H groups in total. The number of anilines is 1. The Kier molecular flexibility index (Phi) is 4.41. The standard InChI is InChI=1S/C14H12FNO2S/c1-19-11-8-6-10(7-9-11)18-14(17)16-13-5-3-2-4-12(13)15/h2-9H,1H3,(H,16,17). The number of carbonyl (C=O) groups excluding carboxylic acids is 1. The Hall–Kier alpha value is -2.01. The quantitative estimate of drug-likeness (QED) is 0.856. The monoisotopic (exact) mass is 277 g/mol. The number of para-hydroxylation sites is 1. The van der Waals surface area contributed by atoms with Crippen LogP contribution in [-0.2, 0) is 0 Å². The van der Waals surface area contributed by atoms with Gasteiger partial charge in [0.15, 0.2) is 0 Å². The second kappa shape index (κ2) is 6.24. The predicted molar refractivity (Wildman–Crippen MR) is 74.3 cm³/mol. The molecule has 0 bridgehead atoms. The van der Waals surface area contributed by atoms with Crippen LogP contribution in [0.15, 0.2) is 53.4 Å². The van der Waals surface area contributed by atoms with Crippen LogP contribution in [0.3, 0.4) is 0 Å². The molecule has 19 heavy (non-hydrogen) atoms. The molecule has 0 unspecified atom stereocenters. The molecule has 0 aliphatic rings. The fourth-order valence-electron chi connectivity index (χ4n) is 1.45. The van der Waals surface area contributed by atoms with E-state index in [1.54, 1.807) is 36.0 Å². The van der Waals surface area contributed by atoms with Crippen LogP contribution >= 0.6 is 11.8 Å². The van der Waals surface area contributed by atoms with E-state index in [9.17, 15) is 9.18 Å². The van der Waals surface area contributed by atoms with Gasteiger partial charge in [-0.2, -0.15) is 0 Å². The lowest BCUT2D eigenvalue weighted by Gasteiger charge is -2.07. The highest BCUT2D eigenvalue weighted by Gasteiger charge is 2.08. The highest BCUT2D eigenvalue weighted by Crippen LogP contribution is 2.19. The Balaban J connectivity index is 1.99. The van der Waals surface area contributed by atoms with Gasteiger partial charge >= 0.3 is 6.09 Å². The summed E-state index contributed by atoms with van der Waals surface area (Å²) in [5, 5.41) is 2.35. The van der Waals surface area contributed by atoms with Gasteiger partial charge in [0.05, 0.1) is 5.69 Å². The molecule has 0 fully saturated rings. The number of carbonyl (C=O) groups is 1. The molecule has 0 radical (unpaired) electrons. The minimum Gasteiger partial charge on any atom is -0.410 e. The summed E-state index contributed by atoms with van der Waals surface area (Å²) < 4.78 is 18.4. The van der Waals surface area contributed by atoms with Crippen molar-refractivity contribution in [1.29, 1.82) is 0 Å². The van der Waals surface area contributed by atoms with Crippen molar-refractivity contribution < 1.29 is 13.9 Å². The van der Waals surface area contributed by atoms with Crippen molar-refractivity contribution in [3.8, 4) is 5.75 Å². The van der Waals surface area contributed by atoms with Gasteiger partial charge in [0.1, 0.15) is 11.6 Å². The first-order chi connectivity index (χ1) is 9.19. The molecule has 0 atom stereocenters. The number of hydrogen-bond donors (Lipinski definition) is 1. The second-order valence-electron chi connectivity index (χ2n) is 3.67. The predicted octanol–water partition coefficient (Wildman–Crippen LogP) is 4.16. The Morgan fingerprint density at radius 1 is 1.16 bits per heavy atom. The molecule has 0 saturated heterocycles. The van der Waals surface area contributed by atoms with Crippen LogP contribution in [0.5, 0.6) is 5.75 Å². The zero-order valence-electron chi connectivity index (χ0n) is 10.2. The van der Waals surface area contributed by atoms with Gasteiger partial charge in [-0.1, -0.05) is 12.1 Å². The number of nitrogens with one attached hydrogen (secondary N) is 1.